The number of allylic oxidation sites excluding steroid dienone is 4. The predicted octanol–water partition coefficient (Wildman–Crippen LogP) is 6.30. The van der Waals surface area contributed by atoms with Gasteiger partial charge in [0.15, 0.2) is 0 Å². The van der Waals surface area contributed by atoms with Gasteiger partial charge in [0, 0.05) is 11.4 Å². The first-order chi connectivity index (χ1) is 9.51. The third-order valence-corrected chi connectivity index (χ3v) is 2.88. The molecule has 1 aromatic heterocycles. The van der Waals surface area contributed by atoms with Crippen molar-refractivity contribution in [2.75, 3.05) is 0 Å². The molecule has 1 heteroatoms. The van der Waals surface area contributed by atoms with Crippen LogP contribution in [0.5, 0.6) is 0 Å². The first kappa shape index (κ1) is 20.6. The molecule has 0 atom stereocenters. The highest BCUT2D eigenvalue weighted by atomic mass is 14.7. The largest absolute Gasteiger partial charge is 0.362 e. The fourth-order valence-corrected chi connectivity index (χ4v) is 1.70. The van der Waals surface area contributed by atoms with Crippen LogP contribution in [0.15, 0.2) is 43.0 Å². The van der Waals surface area contributed by atoms with E-state index in [-0.39, 0.29) is 0 Å². The molecule has 1 nitrogen and oxygen atoms in total. The highest BCUT2D eigenvalue weighted by Gasteiger charge is 2.06. The second kappa shape index (κ2) is 11.1. The smallest absolute Gasteiger partial charge is 0.0194 e. The predicted molar refractivity (Wildman–Crippen MR) is 95.2 cm³/mol. The summed E-state index contributed by atoms with van der Waals surface area (Å²) in [5.74, 6) is 0. The van der Waals surface area contributed by atoms with Gasteiger partial charge in [-0.1, -0.05) is 59.6 Å². The molecular formula is C19H31N. The van der Waals surface area contributed by atoms with Crippen LogP contribution in [0.25, 0.3) is 6.08 Å². The number of aryl methyl sites for hydroxylation is 2. The monoisotopic (exact) mass is 273 g/mol. The summed E-state index contributed by atoms with van der Waals surface area (Å²) in [5.41, 5.74) is 6.78. The number of H-pyrrole nitrogens is 1. The third-order valence-electron chi connectivity index (χ3n) is 2.88. The summed E-state index contributed by atoms with van der Waals surface area (Å²) in [6.07, 6.45) is 5.66. The maximum absolute atomic E-state index is 3.94. The molecule has 0 bridgehead atoms. The summed E-state index contributed by atoms with van der Waals surface area (Å²) in [4.78, 5) is 3.33. The van der Waals surface area contributed by atoms with Gasteiger partial charge in [0.05, 0.1) is 0 Å². The standard InChI is InChI=1S/C15H19N.2C2H6/c1-7-10(3)14(8-2)9-15-11(4)12(5)16-13(15)6;2*1-2/h7-9,16H,1-3H2,4-6H3;2*1-2H3/b14-9-;;. The summed E-state index contributed by atoms with van der Waals surface area (Å²) in [6, 6.07) is 0. The van der Waals surface area contributed by atoms with Crippen LogP contribution in [0.4, 0.5) is 0 Å². The van der Waals surface area contributed by atoms with E-state index in [0.717, 1.165) is 11.1 Å². The molecule has 0 spiro atoms. The zero-order valence-electron chi connectivity index (χ0n) is 14.4. The summed E-state index contributed by atoms with van der Waals surface area (Å²) in [7, 11) is 0. The normalized spacial score (nSPS) is 9.65. The lowest BCUT2D eigenvalue weighted by atomic mass is 10.0. The summed E-state index contributed by atoms with van der Waals surface area (Å²) in [6.45, 7) is 25.7. The van der Waals surface area contributed by atoms with Gasteiger partial charge in [-0.05, 0) is 49.1 Å². The van der Waals surface area contributed by atoms with Gasteiger partial charge in [-0.2, -0.15) is 0 Å². The van der Waals surface area contributed by atoms with Crippen LogP contribution in [-0.4, -0.2) is 4.98 Å². The zero-order valence-corrected chi connectivity index (χ0v) is 14.4. The van der Waals surface area contributed by atoms with Gasteiger partial charge < -0.3 is 4.98 Å². The average molecular weight is 273 g/mol. The van der Waals surface area contributed by atoms with Gasteiger partial charge in [-0.3, -0.25) is 0 Å². The molecule has 1 N–H and O–H groups in total. The Kier molecular flexibility index (Phi) is 11.4. The molecule has 0 radical (unpaired) electrons. The van der Waals surface area contributed by atoms with Gasteiger partial charge in [-0.15, -0.1) is 0 Å². The second-order valence-corrected chi connectivity index (χ2v) is 3.95. The van der Waals surface area contributed by atoms with Crippen LogP contribution < -0.4 is 0 Å². The number of hydrogen-bond acceptors (Lipinski definition) is 0. The molecule has 1 aromatic rings. The van der Waals surface area contributed by atoms with Crippen molar-refractivity contribution in [2.24, 2.45) is 0 Å². The number of aromatic amines is 1. The highest BCUT2D eigenvalue weighted by molar-refractivity contribution is 5.67. The van der Waals surface area contributed by atoms with Crippen molar-refractivity contribution in [3.63, 3.8) is 0 Å². The van der Waals surface area contributed by atoms with E-state index in [2.05, 4.69) is 51.6 Å². The van der Waals surface area contributed by atoms with Crippen molar-refractivity contribution in [1.29, 1.82) is 0 Å². The molecule has 1 rings (SSSR count). The van der Waals surface area contributed by atoms with Crippen LogP contribution in [0.3, 0.4) is 0 Å². The number of hydrogen-bond donors (Lipinski definition) is 1. The first-order valence-electron chi connectivity index (χ1n) is 7.32. The highest BCUT2D eigenvalue weighted by Crippen LogP contribution is 2.22. The van der Waals surface area contributed by atoms with E-state index >= 15 is 0 Å². The molecule has 1 heterocycles. The van der Waals surface area contributed by atoms with Crippen LogP contribution >= 0.6 is 0 Å². The molecular weight excluding hydrogens is 242 g/mol. The Hall–Kier alpha value is -1.76. The Labute approximate surface area is 125 Å². The lowest BCUT2D eigenvalue weighted by molar-refractivity contribution is 1.17. The minimum Gasteiger partial charge on any atom is -0.362 e. The average Bonchev–Trinajstić information content (AvgIpc) is 2.73. The lowest BCUT2D eigenvalue weighted by Gasteiger charge is -2.02. The van der Waals surface area contributed by atoms with E-state index in [9.17, 15) is 0 Å². The van der Waals surface area contributed by atoms with Crippen molar-refractivity contribution in [1.82, 2.24) is 4.98 Å². The molecule has 112 valence electrons. The van der Waals surface area contributed by atoms with Gasteiger partial charge >= 0.3 is 0 Å². The molecule has 0 amide bonds. The molecule has 0 aliphatic carbocycles. The second-order valence-electron chi connectivity index (χ2n) is 3.95. The molecule has 0 fully saturated rings. The summed E-state index contributed by atoms with van der Waals surface area (Å²) in [5, 5.41) is 0. The molecule has 0 saturated carbocycles. The van der Waals surface area contributed by atoms with Crippen molar-refractivity contribution in [3.8, 4) is 0 Å². The first-order valence-corrected chi connectivity index (χ1v) is 7.32. The lowest BCUT2D eigenvalue weighted by Crippen LogP contribution is -1.84. The van der Waals surface area contributed by atoms with Crippen LogP contribution in [0.1, 0.15) is 50.2 Å². The van der Waals surface area contributed by atoms with Crippen molar-refractivity contribution >= 4 is 6.08 Å². The SMILES string of the molecule is C=CC(=C)/C(C=C)=C\c1c(C)[nH]c(C)c1C.CC.CC. The van der Waals surface area contributed by atoms with Crippen molar-refractivity contribution in [2.45, 2.75) is 48.5 Å². The Bertz CT molecular complexity index is 470. The van der Waals surface area contributed by atoms with Crippen LogP contribution in [0, 0.1) is 20.8 Å². The van der Waals surface area contributed by atoms with E-state index in [1.807, 2.05) is 33.8 Å². The number of aromatic nitrogens is 1. The van der Waals surface area contributed by atoms with E-state index in [1.54, 1.807) is 6.08 Å². The maximum atomic E-state index is 3.94. The summed E-state index contributed by atoms with van der Waals surface area (Å²) < 4.78 is 0. The Balaban J connectivity index is 0. The topological polar surface area (TPSA) is 15.8 Å². The summed E-state index contributed by atoms with van der Waals surface area (Å²) >= 11 is 0. The van der Waals surface area contributed by atoms with Crippen molar-refractivity contribution in [3.05, 3.63) is 65.5 Å². The minimum absolute atomic E-state index is 0.896. The van der Waals surface area contributed by atoms with E-state index < -0.39 is 0 Å². The van der Waals surface area contributed by atoms with E-state index in [1.165, 1.54) is 22.5 Å². The zero-order chi connectivity index (χ0) is 16.3. The van der Waals surface area contributed by atoms with Gasteiger partial charge in [0.1, 0.15) is 0 Å². The molecule has 0 aliphatic rings. The van der Waals surface area contributed by atoms with Crippen molar-refractivity contribution < 1.29 is 0 Å². The Morgan fingerprint density at radius 3 is 1.70 bits per heavy atom. The van der Waals surface area contributed by atoms with Gasteiger partial charge in [0.2, 0.25) is 0 Å². The number of nitrogens with one attached hydrogen (secondary N) is 1. The van der Waals surface area contributed by atoms with Gasteiger partial charge in [-0.25, -0.2) is 0 Å². The van der Waals surface area contributed by atoms with Crippen LogP contribution in [-0.2, 0) is 0 Å². The molecule has 0 saturated heterocycles. The van der Waals surface area contributed by atoms with Gasteiger partial charge in [0.25, 0.3) is 0 Å². The fraction of sp³-hybridized carbons (Fsp3) is 0.368. The Morgan fingerprint density at radius 1 is 0.900 bits per heavy atom. The fourth-order valence-electron chi connectivity index (χ4n) is 1.70. The molecule has 20 heavy (non-hydrogen) atoms. The molecule has 0 aromatic carbocycles. The Morgan fingerprint density at radius 2 is 1.40 bits per heavy atom. The molecule has 0 unspecified atom stereocenters. The number of rotatable bonds is 4. The molecule has 0 aliphatic heterocycles. The quantitative estimate of drug-likeness (QED) is 0.619. The van der Waals surface area contributed by atoms with E-state index in [0.29, 0.717) is 0 Å². The van der Waals surface area contributed by atoms with Crippen LogP contribution in [0.2, 0.25) is 0 Å². The third kappa shape index (κ3) is 5.48. The van der Waals surface area contributed by atoms with E-state index in [4.69, 9.17) is 0 Å². The maximum Gasteiger partial charge on any atom is 0.0194 e. The minimum atomic E-state index is 0.896.